The van der Waals surface area contributed by atoms with Crippen LogP contribution in [0.25, 0.3) is 99.8 Å². The lowest BCUT2D eigenvalue weighted by Crippen LogP contribution is -2.19. The van der Waals surface area contributed by atoms with Gasteiger partial charge < -0.3 is 4.98 Å². The summed E-state index contributed by atoms with van der Waals surface area (Å²) >= 11 is 0. The van der Waals surface area contributed by atoms with Crippen LogP contribution in [0, 0.1) is 6.85 Å². The second kappa shape index (κ2) is 15.2. The molecule has 0 aliphatic heterocycles. The topological polar surface area (TPSA) is 51.4 Å². The zero-order valence-corrected chi connectivity index (χ0v) is 36.4. The Labute approximate surface area is 388 Å². The number of hydrogen-bond donors (Lipinski definition) is 1. The molecule has 8 heteroatoms. The number of para-hydroxylation sites is 2. The first-order valence-corrected chi connectivity index (χ1v) is 22.1. The van der Waals surface area contributed by atoms with Gasteiger partial charge in [-0.05, 0) is 107 Å². The molecule has 0 amide bonds. The molecule has 0 bridgehead atoms. The number of benzene rings is 8. The van der Waals surface area contributed by atoms with Gasteiger partial charge in [0.1, 0.15) is 11.6 Å². The number of aromatic nitrogens is 5. The fraction of sp³-hybridized carbons (Fsp3) is 0.0847. The predicted octanol–water partition coefficient (Wildman–Crippen LogP) is 15.8. The number of nitrogens with zero attached hydrogens (tertiary/aromatic N) is 4. The van der Waals surface area contributed by atoms with Gasteiger partial charge in [-0.3, -0.25) is 9.13 Å². The molecule has 324 valence electrons. The predicted molar refractivity (Wildman–Crippen MR) is 267 cm³/mol. The molecule has 8 aromatic carbocycles. The van der Waals surface area contributed by atoms with E-state index in [1.807, 2.05) is 140 Å². The summed E-state index contributed by atoms with van der Waals surface area (Å²) < 4.78 is 73.0. The number of halogens is 3. The molecule has 12 aromatic rings. The summed E-state index contributed by atoms with van der Waals surface area (Å²) in [5.74, 6) is 0.678. The summed E-state index contributed by atoms with van der Waals surface area (Å²) in [6.45, 7) is 1.93. The van der Waals surface area contributed by atoms with E-state index >= 15 is 0 Å². The molecular formula is C59H42F3N5. The molecule has 0 saturated carbocycles. The van der Waals surface area contributed by atoms with Crippen molar-refractivity contribution in [2.45, 2.75) is 32.3 Å². The Morgan fingerprint density at radius 3 is 2.07 bits per heavy atom. The third-order valence-corrected chi connectivity index (χ3v) is 13.3. The van der Waals surface area contributed by atoms with Crippen LogP contribution in [0.5, 0.6) is 0 Å². The van der Waals surface area contributed by atoms with Crippen LogP contribution in [-0.2, 0) is 11.6 Å². The van der Waals surface area contributed by atoms with Gasteiger partial charge in [0, 0.05) is 59.6 Å². The fourth-order valence-electron chi connectivity index (χ4n) is 10.1. The van der Waals surface area contributed by atoms with Gasteiger partial charge >= 0.3 is 6.18 Å². The molecule has 67 heavy (non-hydrogen) atoms. The molecule has 0 fully saturated rings. The molecular weight excluding hydrogens is 836 g/mol. The van der Waals surface area contributed by atoms with Crippen LogP contribution < -0.4 is 0 Å². The molecule has 0 saturated heterocycles. The third kappa shape index (κ3) is 6.54. The van der Waals surface area contributed by atoms with Gasteiger partial charge in [-0.2, -0.15) is 13.2 Å². The molecule has 0 atom stereocenters. The number of rotatable bonds is 7. The molecule has 4 heterocycles. The second-order valence-electron chi connectivity index (χ2n) is 17.6. The molecule has 5 nitrogen and oxygen atoms in total. The first-order chi connectivity index (χ1) is 33.7. The Bertz CT molecular complexity index is 4000. The number of aryl methyl sites for hydroxylation is 1. The van der Waals surface area contributed by atoms with E-state index in [2.05, 4.69) is 52.6 Å². The minimum absolute atomic E-state index is 0.139. The number of hydrogen-bond acceptors (Lipinski definition) is 2. The lowest BCUT2D eigenvalue weighted by molar-refractivity contribution is -0.137. The molecule has 0 aliphatic rings. The van der Waals surface area contributed by atoms with Crippen LogP contribution in [-0.4, -0.2) is 24.1 Å². The van der Waals surface area contributed by atoms with E-state index in [1.165, 1.54) is 6.20 Å². The van der Waals surface area contributed by atoms with E-state index in [1.54, 1.807) is 16.7 Å². The maximum absolute atomic E-state index is 14.3. The summed E-state index contributed by atoms with van der Waals surface area (Å²) in [5.41, 5.74) is 10.6. The number of H-pyrrole nitrogens is 1. The summed E-state index contributed by atoms with van der Waals surface area (Å²) in [6.07, 6.45) is -3.37. The van der Waals surface area contributed by atoms with Crippen LogP contribution in [0.4, 0.5) is 13.2 Å². The van der Waals surface area contributed by atoms with Crippen molar-refractivity contribution in [1.29, 1.82) is 0 Å². The molecule has 0 spiro atoms. The quantitative estimate of drug-likeness (QED) is 0.173. The van der Waals surface area contributed by atoms with Crippen molar-refractivity contribution >= 4 is 54.6 Å². The van der Waals surface area contributed by atoms with Crippen molar-refractivity contribution in [3.8, 4) is 45.1 Å². The number of nitrogens with one attached hydrogen (secondary N) is 1. The highest BCUT2D eigenvalue weighted by molar-refractivity contribution is 6.15. The van der Waals surface area contributed by atoms with Crippen molar-refractivity contribution in [2.24, 2.45) is 0 Å². The van der Waals surface area contributed by atoms with Crippen molar-refractivity contribution in [3.63, 3.8) is 0 Å². The molecule has 0 radical (unpaired) electrons. The van der Waals surface area contributed by atoms with Crippen LogP contribution in [0.15, 0.2) is 194 Å². The summed E-state index contributed by atoms with van der Waals surface area (Å²) in [5, 5.41) is 3.43. The van der Waals surface area contributed by atoms with Crippen LogP contribution >= 0.6 is 0 Å². The van der Waals surface area contributed by atoms with Gasteiger partial charge in [0.05, 0.1) is 33.1 Å². The zero-order valence-electron chi connectivity index (χ0n) is 39.4. The highest BCUT2D eigenvalue weighted by atomic mass is 19.4. The van der Waals surface area contributed by atoms with E-state index in [-0.39, 0.29) is 11.4 Å². The molecule has 1 N–H and O–H groups in total. The maximum Gasteiger partial charge on any atom is 0.416 e. The minimum Gasteiger partial charge on any atom is -0.354 e. The minimum atomic E-state index is -4.57. The van der Waals surface area contributed by atoms with Crippen molar-refractivity contribution in [3.05, 3.63) is 217 Å². The van der Waals surface area contributed by atoms with E-state index in [0.29, 0.717) is 27.9 Å². The number of pyridine rings is 1. The number of alkyl halides is 3. The normalized spacial score (nSPS) is 13.2. The van der Waals surface area contributed by atoms with Crippen molar-refractivity contribution in [1.82, 2.24) is 24.1 Å². The average Bonchev–Trinajstić information content (AvgIpc) is 4.06. The Morgan fingerprint density at radius 2 is 1.30 bits per heavy atom. The third-order valence-electron chi connectivity index (χ3n) is 13.3. The summed E-state index contributed by atoms with van der Waals surface area (Å²) in [6, 6.07) is 60.0. The summed E-state index contributed by atoms with van der Waals surface area (Å²) in [4.78, 5) is 13.7. The molecule has 4 aromatic heterocycles. The standard InChI is InChI=1S/C59H42F3N5/c1-36-31-46-54-48(58(2,3)40-17-9-5-10-18-40)22-14-23-49(54)64-55(46)47(32-36)57-65-56-43(21-13-24-51(56)66(57)42-19-11-6-12-20-42)39-25-27-44-45-33-38(37-15-7-4-8-16-37)26-28-50(45)67(52(44)34-39)53-35-41(29-30-63-53)59(60,61)62/h4-35,64H,1-3H3/i1D3. The van der Waals surface area contributed by atoms with Gasteiger partial charge in [0.15, 0.2) is 0 Å². The first-order valence-electron chi connectivity index (χ1n) is 23.6. The van der Waals surface area contributed by atoms with Crippen molar-refractivity contribution < 1.29 is 17.3 Å². The highest BCUT2D eigenvalue weighted by Crippen LogP contribution is 2.44. The van der Waals surface area contributed by atoms with Gasteiger partial charge in [-0.25, -0.2) is 9.97 Å². The fourth-order valence-corrected chi connectivity index (χ4v) is 10.1. The Balaban J connectivity index is 1.12. The number of fused-ring (bicyclic) bond motifs is 7. The Morgan fingerprint density at radius 1 is 0.552 bits per heavy atom. The summed E-state index contributed by atoms with van der Waals surface area (Å²) in [7, 11) is 0. The van der Waals surface area contributed by atoms with Gasteiger partial charge in [0.2, 0.25) is 0 Å². The smallest absolute Gasteiger partial charge is 0.354 e. The van der Waals surface area contributed by atoms with Gasteiger partial charge in [0.25, 0.3) is 0 Å². The Kier molecular flexibility index (Phi) is 8.39. The van der Waals surface area contributed by atoms with Crippen LogP contribution in [0.2, 0.25) is 0 Å². The van der Waals surface area contributed by atoms with Crippen molar-refractivity contribution in [2.75, 3.05) is 0 Å². The lowest BCUT2D eigenvalue weighted by atomic mass is 9.76. The average molecular weight is 881 g/mol. The van der Waals surface area contributed by atoms with Gasteiger partial charge in [-0.15, -0.1) is 0 Å². The Hall–Kier alpha value is -8.23. The molecule has 0 unspecified atom stereocenters. The first kappa shape index (κ1) is 37.0. The monoisotopic (exact) mass is 880 g/mol. The highest BCUT2D eigenvalue weighted by Gasteiger charge is 2.32. The van der Waals surface area contributed by atoms with E-state index in [9.17, 15) is 13.2 Å². The van der Waals surface area contributed by atoms with E-state index < -0.39 is 24.0 Å². The van der Waals surface area contributed by atoms with Gasteiger partial charge in [-0.1, -0.05) is 135 Å². The molecule has 12 rings (SSSR count). The maximum atomic E-state index is 14.3. The second-order valence-corrected chi connectivity index (χ2v) is 17.6. The number of imidazole rings is 1. The van der Waals surface area contributed by atoms with E-state index in [0.717, 1.165) is 89.3 Å². The van der Waals surface area contributed by atoms with Crippen LogP contribution in [0.3, 0.4) is 0 Å². The van der Waals surface area contributed by atoms with E-state index in [4.69, 9.17) is 9.10 Å². The number of aromatic amines is 1. The molecule has 0 aliphatic carbocycles. The lowest BCUT2D eigenvalue weighted by Gasteiger charge is -2.27. The zero-order chi connectivity index (χ0) is 48.1. The van der Waals surface area contributed by atoms with Crippen LogP contribution in [0.1, 0.15) is 40.2 Å². The largest absolute Gasteiger partial charge is 0.416 e. The SMILES string of the molecule is [2H]C([2H])([2H])c1cc(-c2nc3c(-c4ccc5c6cc(-c7ccccc7)ccc6n(-c6cc(C(F)(F)F)ccn6)c5c4)cccc3n2-c2ccccc2)c2[nH]c3cccc(C(C)(C)c4ccccc4)c3c2c1.